The number of nitrogens with one attached hydrogen (secondary N) is 1. The van der Waals surface area contributed by atoms with Crippen molar-refractivity contribution in [2.45, 2.75) is 23.7 Å². The Hall–Kier alpha value is -2.42. The second-order valence-corrected chi connectivity index (χ2v) is 4.94. The molecule has 9 heteroatoms. The average molecular weight is 303 g/mol. The number of nitrogens with zero attached hydrogens (tertiary/aromatic N) is 6. The van der Waals surface area contributed by atoms with Gasteiger partial charge in [0.15, 0.2) is 0 Å². The summed E-state index contributed by atoms with van der Waals surface area (Å²) in [6, 6.07) is 1.81. The van der Waals surface area contributed by atoms with Crippen LogP contribution in [0, 0.1) is 0 Å². The number of aromatic nitrogens is 6. The average Bonchev–Trinajstić information content (AvgIpc) is 3.18. The summed E-state index contributed by atoms with van der Waals surface area (Å²) in [6.07, 6.45) is 7.51. The van der Waals surface area contributed by atoms with E-state index in [1.54, 1.807) is 23.3 Å². The second-order valence-electron chi connectivity index (χ2n) is 4.02. The number of oxazole rings is 1. The lowest BCUT2D eigenvalue weighted by molar-refractivity contribution is 0.453. The Kier molecular flexibility index (Phi) is 4.10. The van der Waals surface area contributed by atoms with Crippen LogP contribution in [0.15, 0.2) is 45.7 Å². The molecule has 108 valence electrons. The Balaban J connectivity index is 1.92. The Morgan fingerprint density at radius 1 is 1.29 bits per heavy atom. The highest BCUT2D eigenvalue weighted by Crippen LogP contribution is 2.23. The molecule has 0 radical (unpaired) electrons. The van der Waals surface area contributed by atoms with Gasteiger partial charge in [-0.1, -0.05) is 6.92 Å². The smallest absolute Gasteiger partial charge is 0.263 e. The summed E-state index contributed by atoms with van der Waals surface area (Å²) >= 11 is 1.23. The zero-order valence-corrected chi connectivity index (χ0v) is 12.1. The molecule has 0 saturated heterocycles. The van der Waals surface area contributed by atoms with Gasteiger partial charge >= 0.3 is 0 Å². The lowest BCUT2D eigenvalue weighted by Gasteiger charge is -2.07. The van der Waals surface area contributed by atoms with E-state index < -0.39 is 0 Å². The largest absolute Gasteiger partial charge is 0.440 e. The summed E-state index contributed by atoms with van der Waals surface area (Å²) in [7, 11) is 0. The highest BCUT2D eigenvalue weighted by Gasteiger charge is 2.11. The van der Waals surface area contributed by atoms with Crippen LogP contribution in [0.25, 0.3) is 5.95 Å². The molecule has 8 nitrogen and oxygen atoms in total. The standard InChI is InChI=1S/C12H13N7OS/c1-2-4-13-9-16-10(19-7-3-5-15-19)18-11(17-9)21-12-14-6-8-20-12/h3,5-8H,2,4H2,1H3,(H,13,16,17,18). The Labute approximate surface area is 125 Å². The van der Waals surface area contributed by atoms with Crippen LogP contribution < -0.4 is 5.32 Å². The summed E-state index contributed by atoms with van der Waals surface area (Å²) in [4.78, 5) is 17.1. The molecule has 1 N–H and O–H groups in total. The van der Waals surface area contributed by atoms with Crippen molar-refractivity contribution < 1.29 is 4.42 Å². The van der Waals surface area contributed by atoms with Crippen LogP contribution in [0.3, 0.4) is 0 Å². The maximum absolute atomic E-state index is 5.20. The van der Waals surface area contributed by atoms with E-state index >= 15 is 0 Å². The first-order valence-electron chi connectivity index (χ1n) is 6.42. The molecule has 0 spiro atoms. The SMILES string of the molecule is CCCNc1nc(Sc2ncco2)nc(-n2cccn2)n1. The Morgan fingerprint density at radius 2 is 2.24 bits per heavy atom. The molecule has 0 aromatic carbocycles. The van der Waals surface area contributed by atoms with E-state index in [0.717, 1.165) is 13.0 Å². The number of hydrogen-bond donors (Lipinski definition) is 1. The first-order chi connectivity index (χ1) is 10.3. The summed E-state index contributed by atoms with van der Waals surface area (Å²) in [5.74, 6) is 0.953. The van der Waals surface area contributed by atoms with Crippen LogP contribution in [-0.4, -0.2) is 36.3 Å². The zero-order chi connectivity index (χ0) is 14.5. The topological polar surface area (TPSA) is 94.6 Å². The highest BCUT2D eigenvalue weighted by atomic mass is 32.2. The molecule has 3 rings (SSSR count). The van der Waals surface area contributed by atoms with Crippen LogP contribution in [-0.2, 0) is 0 Å². The van der Waals surface area contributed by atoms with E-state index in [1.807, 2.05) is 6.07 Å². The van der Waals surface area contributed by atoms with Crippen molar-refractivity contribution in [1.82, 2.24) is 29.7 Å². The fourth-order valence-electron chi connectivity index (χ4n) is 1.54. The predicted molar refractivity (Wildman–Crippen MR) is 76.4 cm³/mol. The van der Waals surface area contributed by atoms with Crippen LogP contribution in [0.5, 0.6) is 0 Å². The van der Waals surface area contributed by atoms with Crippen molar-refractivity contribution in [2.75, 3.05) is 11.9 Å². The molecular formula is C12H13N7OS. The van der Waals surface area contributed by atoms with Crippen LogP contribution in [0.4, 0.5) is 5.95 Å². The van der Waals surface area contributed by atoms with Crippen molar-refractivity contribution in [3.63, 3.8) is 0 Å². The molecule has 0 saturated carbocycles. The Morgan fingerprint density at radius 3 is 2.95 bits per heavy atom. The minimum Gasteiger partial charge on any atom is -0.440 e. The van der Waals surface area contributed by atoms with Gasteiger partial charge in [0.25, 0.3) is 11.2 Å². The zero-order valence-electron chi connectivity index (χ0n) is 11.3. The molecule has 0 fully saturated rings. The minimum atomic E-state index is 0.447. The van der Waals surface area contributed by atoms with Crippen molar-refractivity contribution in [3.05, 3.63) is 30.9 Å². The molecule has 0 aliphatic rings. The van der Waals surface area contributed by atoms with Crippen molar-refractivity contribution in [3.8, 4) is 5.95 Å². The quantitative estimate of drug-likeness (QED) is 0.739. The fraction of sp³-hybridized carbons (Fsp3) is 0.250. The summed E-state index contributed by atoms with van der Waals surface area (Å²) in [6.45, 7) is 2.86. The molecule has 3 aromatic rings. The summed E-state index contributed by atoms with van der Waals surface area (Å²) in [5.41, 5.74) is 0. The van der Waals surface area contributed by atoms with E-state index in [2.05, 4.69) is 37.3 Å². The lowest BCUT2D eigenvalue weighted by Crippen LogP contribution is -2.10. The first kappa shape index (κ1) is 13.6. The van der Waals surface area contributed by atoms with E-state index in [0.29, 0.717) is 22.3 Å². The lowest BCUT2D eigenvalue weighted by atomic mass is 10.5. The molecule has 3 heterocycles. The highest BCUT2D eigenvalue weighted by molar-refractivity contribution is 7.98. The van der Waals surface area contributed by atoms with Gasteiger partial charge in [-0.05, 0) is 12.5 Å². The van der Waals surface area contributed by atoms with Crippen LogP contribution in [0.2, 0.25) is 0 Å². The van der Waals surface area contributed by atoms with E-state index in [9.17, 15) is 0 Å². The molecule has 21 heavy (non-hydrogen) atoms. The number of anilines is 1. The molecule has 3 aromatic heterocycles. The first-order valence-corrected chi connectivity index (χ1v) is 7.24. The van der Waals surface area contributed by atoms with Crippen LogP contribution >= 0.6 is 11.8 Å². The van der Waals surface area contributed by atoms with Gasteiger partial charge in [0, 0.05) is 30.7 Å². The maximum atomic E-state index is 5.20. The summed E-state index contributed by atoms with van der Waals surface area (Å²) < 4.78 is 6.78. The predicted octanol–water partition coefficient (Wildman–Crippen LogP) is 2.02. The minimum absolute atomic E-state index is 0.447. The monoisotopic (exact) mass is 303 g/mol. The van der Waals surface area contributed by atoms with Gasteiger partial charge in [0.2, 0.25) is 11.1 Å². The molecular weight excluding hydrogens is 290 g/mol. The number of hydrogen-bond acceptors (Lipinski definition) is 8. The van der Waals surface area contributed by atoms with Gasteiger partial charge in [-0.2, -0.15) is 20.1 Å². The third-order valence-corrected chi connectivity index (χ3v) is 3.18. The van der Waals surface area contributed by atoms with E-state index in [4.69, 9.17) is 4.42 Å². The molecule has 0 bridgehead atoms. The fourth-order valence-corrected chi connectivity index (χ4v) is 2.17. The second kappa shape index (κ2) is 6.35. The van der Waals surface area contributed by atoms with Gasteiger partial charge in [-0.15, -0.1) is 0 Å². The summed E-state index contributed by atoms with van der Waals surface area (Å²) in [5, 5.41) is 8.26. The van der Waals surface area contributed by atoms with E-state index in [1.165, 1.54) is 18.0 Å². The van der Waals surface area contributed by atoms with Crippen molar-refractivity contribution in [2.24, 2.45) is 0 Å². The third-order valence-electron chi connectivity index (χ3n) is 2.43. The molecule has 0 amide bonds. The molecule has 0 aliphatic heterocycles. The maximum Gasteiger partial charge on any atom is 0.263 e. The van der Waals surface area contributed by atoms with Gasteiger partial charge < -0.3 is 9.73 Å². The normalized spacial score (nSPS) is 10.7. The Bertz CT molecular complexity index is 684. The molecule has 0 unspecified atom stereocenters. The third kappa shape index (κ3) is 3.37. The van der Waals surface area contributed by atoms with Crippen molar-refractivity contribution >= 4 is 17.7 Å². The number of rotatable bonds is 6. The van der Waals surface area contributed by atoms with Gasteiger partial charge in [-0.3, -0.25) is 0 Å². The van der Waals surface area contributed by atoms with Gasteiger partial charge in [0.1, 0.15) is 6.26 Å². The van der Waals surface area contributed by atoms with Gasteiger partial charge in [0.05, 0.1) is 6.20 Å². The van der Waals surface area contributed by atoms with E-state index in [-0.39, 0.29) is 0 Å². The van der Waals surface area contributed by atoms with Gasteiger partial charge in [-0.25, -0.2) is 9.67 Å². The molecule has 0 aliphatic carbocycles. The van der Waals surface area contributed by atoms with Crippen LogP contribution in [0.1, 0.15) is 13.3 Å². The van der Waals surface area contributed by atoms with Crippen molar-refractivity contribution in [1.29, 1.82) is 0 Å². The molecule has 0 atom stereocenters.